The summed E-state index contributed by atoms with van der Waals surface area (Å²) < 4.78 is 12.9. The first kappa shape index (κ1) is 16.2. The Bertz CT molecular complexity index is 492. The minimum atomic E-state index is -1.42. The second-order valence-electron chi connectivity index (χ2n) is 4.77. The van der Waals surface area contributed by atoms with Gasteiger partial charge in [0, 0.05) is 16.2 Å². The van der Waals surface area contributed by atoms with E-state index in [1.807, 2.05) is 20.8 Å². The van der Waals surface area contributed by atoms with Crippen molar-refractivity contribution in [3.8, 4) is 0 Å². The Labute approximate surface area is 124 Å². The lowest BCUT2D eigenvalue weighted by molar-refractivity contribution is -0.119. The van der Waals surface area contributed by atoms with Crippen LogP contribution in [0.3, 0.4) is 0 Å². The highest BCUT2D eigenvalue weighted by Gasteiger charge is 2.16. The Kier molecular flexibility index (Phi) is 6.00. The maximum Gasteiger partial charge on any atom is 0.233 e. The van der Waals surface area contributed by atoms with Gasteiger partial charge in [0.05, 0.1) is 15.7 Å². The molecule has 0 aliphatic carbocycles. The third kappa shape index (κ3) is 4.95. The number of nitrogen functional groups attached to an aromatic ring is 1. The van der Waals surface area contributed by atoms with Crippen LogP contribution in [-0.2, 0) is 15.6 Å². The maximum absolute atomic E-state index is 12.1. The molecule has 0 bridgehead atoms. The SMILES string of the molecule is CC(C)C(C)NC(=O)CS(=O)c1ccc(Br)cc1N. The van der Waals surface area contributed by atoms with Crippen molar-refractivity contribution in [2.24, 2.45) is 5.92 Å². The summed E-state index contributed by atoms with van der Waals surface area (Å²) in [5, 5.41) is 2.83. The van der Waals surface area contributed by atoms with Crippen LogP contribution in [0.25, 0.3) is 0 Å². The van der Waals surface area contributed by atoms with Crippen LogP contribution in [0.15, 0.2) is 27.6 Å². The van der Waals surface area contributed by atoms with Gasteiger partial charge in [-0.2, -0.15) is 0 Å². The molecule has 6 heteroatoms. The van der Waals surface area contributed by atoms with Gasteiger partial charge in [0.25, 0.3) is 0 Å². The number of carbonyl (C=O) groups is 1. The molecule has 1 aromatic rings. The summed E-state index contributed by atoms with van der Waals surface area (Å²) in [4.78, 5) is 12.3. The number of nitrogens with two attached hydrogens (primary N) is 1. The number of rotatable bonds is 5. The van der Waals surface area contributed by atoms with Gasteiger partial charge in [-0.15, -0.1) is 0 Å². The first-order chi connectivity index (χ1) is 8.81. The minimum absolute atomic E-state index is 0.0618. The molecule has 0 aliphatic heterocycles. The molecule has 2 atom stereocenters. The van der Waals surface area contributed by atoms with Crippen molar-refractivity contribution >= 4 is 38.3 Å². The zero-order chi connectivity index (χ0) is 14.6. The van der Waals surface area contributed by atoms with E-state index in [0.717, 1.165) is 4.47 Å². The van der Waals surface area contributed by atoms with Crippen molar-refractivity contribution in [1.29, 1.82) is 0 Å². The molecular weight excluding hydrogens is 328 g/mol. The molecule has 0 saturated heterocycles. The number of hydrogen-bond donors (Lipinski definition) is 2. The number of nitrogens with one attached hydrogen (secondary N) is 1. The quantitative estimate of drug-likeness (QED) is 0.803. The predicted octanol–water partition coefficient (Wildman–Crippen LogP) is 2.30. The standard InChI is InChI=1S/C13H19BrN2O2S/c1-8(2)9(3)16-13(17)7-19(18)12-5-4-10(14)6-11(12)15/h4-6,8-9H,7,15H2,1-3H3,(H,16,17). The lowest BCUT2D eigenvalue weighted by atomic mass is 10.1. The van der Waals surface area contributed by atoms with Gasteiger partial charge in [-0.05, 0) is 31.0 Å². The van der Waals surface area contributed by atoms with Crippen LogP contribution in [0.1, 0.15) is 20.8 Å². The Morgan fingerprint density at radius 2 is 2.05 bits per heavy atom. The van der Waals surface area contributed by atoms with Crippen molar-refractivity contribution in [2.45, 2.75) is 31.7 Å². The summed E-state index contributed by atoms with van der Waals surface area (Å²) in [6.07, 6.45) is 0. The summed E-state index contributed by atoms with van der Waals surface area (Å²) in [6.45, 7) is 5.97. The average molecular weight is 347 g/mol. The van der Waals surface area contributed by atoms with Crippen LogP contribution >= 0.6 is 15.9 Å². The second kappa shape index (κ2) is 7.05. The van der Waals surface area contributed by atoms with Crippen LogP contribution in [0.4, 0.5) is 5.69 Å². The molecule has 106 valence electrons. The number of benzene rings is 1. The van der Waals surface area contributed by atoms with Gasteiger partial charge >= 0.3 is 0 Å². The molecule has 3 N–H and O–H groups in total. The lowest BCUT2D eigenvalue weighted by Crippen LogP contribution is -2.38. The molecule has 1 amide bonds. The molecule has 0 saturated carbocycles. The molecule has 0 spiro atoms. The molecule has 1 rings (SSSR count). The minimum Gasteiger partial charge on any atom is -0.398 e. The van der Waals surface area contributed by atoms with E-state index in [4.69, 9.17) is 5.73 Å². The molecular formula is C13H19BrN2O2S. The van der Waals surface area contributed by atoms with E-state index >= 15 is 0 Å². The highest BCUT2D eigenvalue weighted by atomic mass is 79.9. The third-order valence-electron chi connectivity index (χ3n) is 2.87. The largest absolute Gasteiger partial charge is 0.398 e. The fourth-order valence-electron chi connectivity index (χ4n) is 1.39. The zero-order valence-electron chi connectivity index (χ0n) is 11.3. The van der Waals surface area contributed by atoms with Crippen molar-refractivity contribution in [2.75, 3.05) is 11.5 Å². The van der Waals surface area contributed by atoms with E-state index < -0.39 is 10.8 Å². The molecule has 0 aliphatic rings. The molecule has 1 aromatic carbocycles. The van der Waals surface area contributed by atoms with Crippen LogP contribution in [0.5, 0.6) is 0 Å². The summed E-state index contributed by atoms with van der Waals surface area (Å²) >= 11 is 3.29. The fraction of sp³-hybridized carbons (Fsp3) is 0.462. The van der Waals surface area contributed by atoms with E-state index in [0.29, 0.717) is 16.5 Å². The Hall–Kier alpha value is -0.880. The van der Waals surface area contributed by atoms with Crippen LogP contribution in [0.2, 0.25) is 0 Å². The summed E-state index contributed by atoms with van der Waals surface area (Å²) in [5.41, 5.74) is 6.22. The highest BCUT2D eigenvalue weighted by Crippen LogP contribution is 2.21. The van der Waals surface area contributed by atoms with Crippen molar-refractivity contribution in [3.63, 3.8) is 0 Å². The van der Waals surface area contributed by atoms with Crippen molar-refractivity contribution in [3.05, 3.63) is 22.7 Å². The monoisotopic (exact) mass is 346 g/mol. The smallest absolute Gasteiger partial charge is 0.233 e. The van der Waals surface area contributed by atoms with E-state index in [2.05, 4.69) is 21.2 Å². The number of anilines is 1. The van der Waals surface area contributed by atoms with Crippen molar-refractivity contribution < 1.29 is 9.00 Å². The molecule has 0 fully saturated rings. The Morgan fingerprint density at radius 1 is 1.42 bits per heavy atom. The summed E-state index contributed by atoms with van der Waals surface area (Å²) in [6, 6.07) is 5.18. The number of amides is 1. The first-order valence-corrected chi connectivity index (χ1v) is 8.15. The molecule has 4 nitrogen and oxygen atoms in total. The summed E-state index contributed by atoms with van der Waals surface area (Å²) in [7, 11) is -1.42. The van der Waals surface area contributed by atoms with Gasteiger partial charge in [-0.1, -0.05) is 29.8 Å². The van der Waals surface area contributed by atoms with E-state index in [1.54, 1.807) is 18.2 Å². The second-order valence-corrected chi connectivity index (χ2v) is 7.11. The Morgan fingerprint density at radius 3 is 2.58 bits per heavy atom. The van der Waals surface area contributed by atoms with Crippen molar-refractivity contribution in [1.82, 2.24) is 5.32 Å². The lowest BCUT2D eigenvalue weighted by Gasteiger charge is -2.17. The number of hydrogen-bond acceptors (Lipinski definition) is 3. The van der Waals surface area contributed by atoms with E-state index in [-0.39, 0.29) is 17.7 Å². The molecule has 0 radical (unpaired) electrons. The highest BCUT2D eigenvalue weighted by molar-refractivity contribution is 9.10. The molecule has 0 aromatic heterocycles. The normalized spacial score (nSPS) is 14.2. The first-order valence-electron chi connectivity index (χ1n) is 6.04. The van der Waals surface area contributed by atoms with Gasteiger partial charge in [-0.3, -0.25) is 9.00 Å². The third-order valence-corrected chi connectivity index (χ3v) is 4.75. The Balaban J connectivity index is 2.67. The van der Waals surface area contributed by atoms with Gasteiger partial charge in [0.2, 0.25) is 5.91 Å². The topological polar surface area (TPSA) is 72.2 Å². The molecule has 2 unspecified atom stereocenters. The predicted molar refractivity (Wildman–Crippen MR) is 82.3 cm³/mol. The number of halogens is 1. The van der Waals surface area contributed by atoms with E-state index in [9.17, 15) is 9.00 Å². The molecule has 0 heterocycles. The zero-order valence-corrected chi connectivity index (χ0v) is 13.7. The van der Waals surface area contributed by atoms with Crippen LogP contribution < -0.4 is 11.1 Å². The maximum atomic E-state index is 12.1. The molecule has 19 heavy (non-hydrogen) atoms. The van der Waals surface area contributed by atoms with Gasteiger partial charge in [0.15, 0.2) is 0 Å². The van der Waals surface area contributed by atoms with Crippen LogP contribution in [-0.4, -0.2) is 21.9 Å². The van der Waals surface area contributed by atoms with E-state index in [1.165, 1.54) is 0 Å². The summed E-state index contributed by atoms with van der Waals surface area (Å²) in [5.74, 6) is 0.0556. The van der Waals surface area contributed by atoms with Gasteiger partial charge in [-0.25, -0.2) is 0 Å². The van der Waals surface area contributed by atoms with Crippen LogP contribution in [0, 0.1) is 5.92 Å². The van der Waals surface area contributed by atoms with Gasteiger partial charge < -0.3 is 11.1 Å². The van der Waals surface area contributed by atoms with Gasteiger partial charge in [0.1, 0.15) is 5.75 Å². The fourth-order valence-corrected chi connectivity index (χ4v) is 2.78. The number of carbonyl (C=O) groups excluding carboxylic acids is 1. The average Bonchev–Trinajstić information content (AvgIpc) is 2.27.